The number of aromatic carboxylic acids is 1. The molecule has 2 N–H and O–H groups in total. The van der Waals surface area contributed by atoms with Gasteiger partial charge in [-0.3, -0.25) is 4.79 Å². The molecule has 1 unspecified atom stereocenters. The SMILES string of the molecule is O=C(O)c1ccc(CNC(=O)c2cccc3c2C(Oc2ccc(Cl)cc2)CC3)cc1. The molecule has 0 bridgehead atoms. The third kappa shape index (κ3) is 4.31. The molecule has 0 aromatic heterocycles. The van der Waals surface area contributed by atoms with Gasteiger partial charge < -0.3 is 15.2 Å². The number of hydrogen-bond donors (Lipinski definition) is 2. The van der Waals surface area contributed by atoms with Crippen LogP contribution in [0.3, 0.4) is 0 Å². The molecule has 6 heteroatoms. The van der Waals surface area contributed by atoms with Gasteiger partial charge in [0.25, 0.3) is 5.91 Å². The van der Waals surface area contributed by atoms with Gasteiger partial charge in [0, 0.05) is 22.7 Å². The van der Waals surface area contributed by atoms with Crippen molar-refractivity contribution in [2.24, 2.45) is 0 Å². The lowest BCUT2D eigenvalue weighted by molar-refractivity contribution is 0.0696. The molecule has 152 valence electrons. The first-order chi connectivity index (χ1) is 14.5. The largest absolute Gasteiger partial charge is 0.486 e. The second-order valence-corrected chi connectivity index (χ2v) is 7.60. The second kappa shape index (κ2) is 8.59. The number of carbonyl (C=O) groups is 2. The highest BCUT2D eigenvalue weighted by molar-refractivity contribution is 6.30. The normalized spacial score (nSPS) is 14.8. The zero-order chi connectivity index (χ0) is 21.1. The van der Waals surface area contributed by atoms with Gasteiger partial charge in [-0.1, -0.05) is 35.9 Å². The van der Waals surface area contributed by atoms with Crippen molar-refractivity contribution in [1.29, 1.82) is 0 Å². The van der Waals surface area contributed by atoms with E-state index in [1.54, 1.807) is 24.3 Å². The minimum Gasteiger partial charge on any atom is -0.486 e. The van der Waals surface area contributed by atoms with Gasteiger partial charge in [0.2, 0.25) is 0 Å². The van der Waals surface area contributed by atoms with Crippen molar-refractivity contribution in [2.45, 2.75) is 25.5 Å². The Morgan fingerprint density at radius 2 is 1.77 bits per heavy atom. The molecule has 0 aliphatic heterocycles. The van der Waals surface area contributed by atoms with E-state index in [4.69, 9.17) is 21.4 Å². The number of benzene rings is 3. The van der Waals surface area contributed by atoms with Crippen molar-refractivity contribution in [3.8, 4) is 5.75 Å². The average molecular weight is 422 g/mol. The standard InChI is InChI=1S/C24H20ClNO4/c25-18-9-11-19(12-10-18)30-21-13-8-16-2-1-3-20(22(16)21)23(27)26-14-15-4-6-17(7-5-15)24(28)29/h1-7,9-12,21H,8,13-14H2,(H,26,27)(H,28,29). The molecule has 3 aromatic carbocycles. The Morgan fingerprint density at radius 1 is 1.03 bits per heavy atom. The van der Waals surface area contributed by atoms with Gasteiger partial charge >= 0.3 is 5.97 Å². The van der Waals surface area contributed by atoms with Gasteiger partial charge in [-0.25, -0.2) is 4.79 Å². The van der Waals surface area contributed by atoms with Crippen molar-refractivity contribution < 1.29 is 19.4 Å². The third-order valence-electron chi connectivity index (χ3n) is 5.18. The first kappa shape index (κ1) is 20.0. The molecule has 5 nitrogen and oxygen atoms in total. The van der Waals surface area contributed by atoms with E-state index in [0.29, 0.717) is 22.9 Å². The van der Waals surface area contributed by atoms with E-state index in [-0.39, 0.29) is 17.6 Å². The van der Waals surface area contributed by atoms with Crippen LogP contribution in [-0.4, -0.2) is 17.0 Å². The summed E-state index contributed by atoms with van der Waals surface area (Å²) >= 11 is 5.95. The molecule has 1 aliphatic rings. The van der Waals surface area contributed by atoms with Crippen molar-refractivity contribution in [2.75, 3.05) is 0 Å². The van der Waals surface area contributed by atoms with Crippen molar-refractivity contribution >= 4 is 23.5 Å². The summed E-state index contributed by atoms with van der Waals surface area (Å²) < 4.78 is 6.15. The number of ether oxygens (including phenoxy) is 1. The molecule has 0 saturated carbocycles. The van der Waals surface area contributed by atoms with Crippen LogP contribution in [0.1, 0.15) is 49.9 Å². The summed E-state index contributed by atoms with van der Waals surface area (Å²) in [6, 6.07) is 19.4. The number of hydrogen-bond acceptors (Lipinski definition) is 3. The van der Waals surface area contributed by atoms with E-state index in [0.717, 1.165) is 29.5 Å². The highest BCUT2D eigenvalue weighted by Gasteiger charge is 2.29. The van der Waals surface area contributed by atoms with Crippen molar-refractivity contribution in [3.05, 3.63) is 99.6 Å². The number of carboxylic acid groups (broad SMARTS) is 1. The monoisotopic (exact) mass is 421 g/mol. The molecule has 3 aromatic rings. The summed E-state index contributed by atoms with van der Waals surface area (Å²) in [7, 11) is 0. The van der Waals surface area contributed by atoms with Crippen LogP contribution in [0.25, 0.3) is 0 Å². The van der Waals surface area contributed by atoms with E-state index >= 15 is 0 Å². The van der Waals surface area contributed by atoms with Crippen LogP contribution >= 0.6 is 11.6 Å². The number of fused-ring (bicyclic) bond motifs is 1. The zero-order valence-electron chi connectivity index (χ0n) is 16.1. The Hall–Kier alpha value is -3.31. The summed E-state index contributed by atoms with van der Waals surface area (Å²) in [6.45, 7) is 0.311. The summed E-state index contributed by atoms with van der Waals surface area (Å²) in [4.78, 5) is 23.9. The summed E-state index contributed by atoms with van der Waals surface area (Å²) in [6.07, 6.45) is 1.46. The van der Waals surface area contributed by atoms with Gasteiger partial charge in [-0.05, 0) is 66.4 Å². The lowest BCUT2D eigenvalue weighted by Crippen LogP contribution is -2.25. The Kier molecular flexibility index (Phi) is 5.72. The van der Waals surface area contributed by atoms with Gasteiger partial charge in [-0.15, -0.1) is 0 Å². The smallest absolute Gasteiger partial charge is 0.335 e. The minimum atomic E-state index is -0.975. The zero-order valence-corrected chi connectivity index (χ0v) is 16.9. The summed E-state index contributed by atoms with van der Waals surface area (Å²) in [5, 5.41) is 12.6. The minimum absolute atomic E-state index is 0.180. The number of carboxylic acids is 1. The number of carbonyl (C=O) groups excluding carboxylic acids is 1. The van der Waals surface area contributed by atoms with Crippen LogP contribution in [0.5, 0.6) is 5.75 Å². The quantitative estimate of drug-likeness (QED) is 0.585. The van der Waals surface area contributed by atoms with Crippen LogP contribution < -0.4 is 10.1 Å². The van der Waals surface area contributed by atoms with Crippen LogP contribution in [0.4, 0.5) is 0 Å². The molecule has 1 aliphatic carbocycles. The lowest BCUT2D eigenvalue weighted by Gasteiger charge is -2.18. The highest BCUT2D eigenvalue weighted by Crippen LogP contribution is 2.37. The third-order valence-corrected chi connectivity index (χ3v) is 5.44. The molecule has 0 radical (unpaired) electrons. The molecular formula is C24H20ClNO4. The molecule has 0 saturated heterocycles. The van der Waals surface area contributed by atoms with Crippen molar-refractivity contribution in [1.82, 2.24) is 5.32 Å². The molecule has 1 atom stereocenters. The van der Waals surface area contributed by atoms with Crippen molar-refractivity contribution in [3.63, 3.8) is 0 Å². The van der Waals surface area contributed by atoms with Crippen LogP contribution in [-0.2, 0) is 13.0 Å². The molecule has 30 heavy (non-hydrogen) atoms. The maximum atomic E-state index is 12.9. The Labute approximate surface area is 179 Å². The molecular weight excluding hydrogens is 402 g/mol. The maximum absolute atomic E-state index is 12.9. The fourth-order valence-corrected chi connectivity index (χ4v) is 3.80. The van der Waals surface area contributed by atoms with Crippen LogP contribution in [0.2, 0.25) is 5.02 Å². The molecule has 0 fully saturated rings. The summed E-state index contributed by atoms with van der Waals surface area (Å²) in [5.41, 5.74) is 3.69. The highest BCUT2D eigenvalue weighted by atomic mass is 35.5. The van der Waals surface area contributed by atoms with Gasteiger partial charge in [0.15, 0.2) is 0 Å². The number of rotatable bonds is 6. The summed E-state index contributed by atoms with van der Waals surface area (Å²) in [5.74, 6) is -0.441. The number of amides is 1. The van der Waals surface area contributed by atoms with E-state index in [1.165, 1.54) is 12.1 Å². The Balaban J connectivity index is 1.49. The fraction of sp³-hybridized carbons (Fsp3) is 0.167. The average Bonchev–Trinajstić information content (AvgIpc) is 3.17. The van der Waals surface area contributed by atoms with Gasteiger partial charge in [0.05, 0.1) is 5.56 Å². The maximum Gasteiger partial charge on any atom is 0.335 e. The second-order valence-electron chi connectivity index (χ2n) is 7.16. The number of halogens is 1. The van der Waals surface area contributed by atoms with E-state index in [9.17, 15) is 9.59 Å². The lowest BCUT2D eigenvalue weighted by atomic mass is 10.0. The molecule has 4 rings (SSSR count). The topological polar surface area (TPSA) is 75.6 Å². The predicted molar refractivity (Wildman–Crippen MR) is 114 cm³/mol. The van der Waals surface area contributed by atoms with E-state index in [2.05, 4.69) is 5.32 Å². The molecule has 1 amide bonds. The molecule has 0 heterocycles. The first-order valence-electron chi connectivity index (χ1n) is 9.65. The molecule has 0 spiro atoms. The fourth-order valence-electron chi connectivity index (χ4n) is 3.68. The van der Waals surface area contributed by atoms with Gasteiger partial charge in [0.1, 0.15) is 11.9 Å². The number of nitrogens with one attached hydrogen (secondary N) is 1. The van der Waals surface area contributed by atoms with Crippen LogP contribution in [0.15, 0.2) is 66.7 Å². The Morgan fingerprint density at radius 3 is 2.47 bits per heavy atom. The number of aryl methyl sites for hydroxylation is 1. The van der Waals surface area contributed by atoms with E-state index in [1.807, 2.05) is 30.3 Å². The van der Waals surface area contributed by atoms with Gasteiger partial charge in [-0.2, -0.15) is 0 Å². The van der Waals surface area contributed by atoms with Crippen LogP contribution in [0, 0.1) is 0 Å². The Bertz CT molecular complexity index is 1080. The van der Waals surface area contributed by atoms with E-state index < -0.39 is 5.97 Å². The first-order valence-corrected chi connectivity index (χ1v) is 10.0. The predicted octanol–water partition coefficient (Wildman–Crippen LogP) is 5.03.